The van der Waals surface area contributed by atoms with Crippen molar-refractivity contribution in [3.05, 3.63) is 107 Å². The van der Waals surface area contributed by atoms with E-state index in [2.05, 4.69) is 15.5 Å². The molecular formula is C28H25FN4O3. The molecule has 0 spiro atoms. The minimum Gasteiger partial charge on any atom is -0.497 e. The lowest BCUT2D eigenvalue weighted by molar-refractivity contribution is 0.203. The van der Waals surface area contributed by atoms with Crippen LogP contribution in [0.4, 0.5) is 9.18 Å². The Balaban J connectivity index is 1.58. The maximum absolute atomic E-state index is 14.1. The number of rotatable bonds is 6. The molecule has 0 bridgehead atoms. The van der Waals surface area contributed by atoms with Crippen molar-refractivity contribution in [2.75, 3.05) is 7.11 Å². The van der Waals surface area contributed by atoms with E-state index in [1.807, 2.05) is 62.4 Å². The van der Waals surface area contributed by atoms with Gasteiger partial charge in [0, 0.05) is 11.3 Å². The second-order valence-electron chi connectivity index (χ2n) is 8.66. The third kappa shape index (κ3) is 4.57. The second kappa shape index (κ2) is 9.65. The number of hydrogen-bond acceptors (Lipinski definition) is 5. The number of hydrogen-bond donors (Lipinski definition) is 1. The Morgan fingerprint density at radius 1 is 1.06 bits per heavy atom. The molecule has 0 saturated carbocycles. The Bertz CT molecular complexity index is 1430. The van der Waals surface area contributed by atoms with Crippen LogP contribution < -0.4 is 10.1 Å². The highest BCUT2D eigenvalue weighted by Crippen LogP contribution is 2.38. The van der Waals surface area contributed by atoms with Crippen molar-refractivity contribution in [1.29, 1.82) is 0 Å². The topological polar surface area (TPSA) is 80.5 Å². The van der Waals surface area contributed by atoms with Crippen molar-refractivity contribution in [3.8, 4) is 17.1 Å². The first-order valence-electron chi connectivity index (χ1n) is 11.5. The number of nitrogens with zero attached hydrogens (tertiary/aromatic N) is 3. The fourth-order valence-corrected chi connectivity index (χ4v) is 4.25. The van der Waals surface area contributed by atoms with E-state index in [4.69, 9.17) is 9.26 Å². The summed E-state index contributed by atoms with van der Waals surface area (Å²) in [6.45, 7) is 4.21. The molecule has 1 aromatic heterocycles. The van der Waals surface area contributed by atoms with Gasteiger partial charge in [-0.1, -0.05) is 47.1 Å². The zero-order valence-corrected chi connectivity index (χ0v) is 20.2. The summed E-state index contributed by atoms with van der Waals surface area (Å²) in [5.74, 6) is 0.966. The van der Waals surface area contributed by atoms with Crippen molar-refractivity contribution in [1.82, 2.24) is 20.4 Å². The summed E-state index contributed by atoms with van der Waals surface area (Å²) in [6.07, 6.45) is 0. The van der Waals surface area contributed by atoms with Gasteiger partial charge in [0.05, 0.1) is 25.3 Å². The van der Waals surface area contributed by atoms with E-state index in [1.54, 1.807) is 24.1 Å². The third-order valence-corrected chi connectivity index (χ3v) is 6.24. The SMILES string of the molecule is COc1ccc(-c2noc(C3=C(C)N(Cc4ccc(C)cc4)C(=O)NC3c3cccc(F)c3)n2)cc1. The highest BCUT2D eigenvalue weighted by Gasteiger charge is 2.36. The number of benzene rings is 3. The standard InChI is InChI=1S/C28H25FN4O3/c1-17-7-9-19(10-8-17)16-33-18(2)24(25(30-28(33)34)21-5-4-6-22(29)15-21)27-31-26(32-36-27)20-11-13-23(35-3)14-12-20/h4-15,25H,16H2,1-3H3,(H,30,34). The van der Waals surface area contributed by atoms with E-state index in [0.29, 0.717) is 35.0 Å². The molecule has 1 aliphatic heterocycles. The Kier molecular flexibility index (Phi) is 6.25. The van der Waals surface area contributed by atoms with Gasteiger partial charge >= 0.3 is 6.03 Å². The van der Waals surface area contributed by atoms with Crippen LogP contribution in [0.1, 0.15) is 35.5 Å². The lowest BCUT2D eigenvalue weighted by atomic mass is 9.94. The Hall–Kier alpha value is -4.46. The van der Waals surface area contributed by atoms with Gasteiger partial charge in [-0.05, 0) is 61.4 Å². The van der Waals surface area contributed by atoms with Crippen LogP contribution in [0.15, 0.2) is 83.0 Å². The van der Waals surface area contributed by atoms with Crippen LogP contribution in [-0.4, -0.2) is 28.2 Å². The molecule has 5 rings (SSSR count). The number of ether oxygens (including phenoxy) is 1. The number of carbonyl (C=O) groups excluding carboxylic acids is 1. The molecule has 1 aliphatic rings. The van der Waals surface area contributed by atoms with Gasteiger partial charge in [0.15, 0.2) is 0 Å². The number of aryl methyl sites for hydroxylation is 1. The quantitative estimate of drug-likeness (QED) is 0.369. The number of halogens is 1. The predicted molar refractivity (Wildman–Crippen MR) is 133 cm³/mol. The van der Waals surface area contributed by atoms with E-state index >= 15 is 0 Å². The van der Waals surface area contributed by atoms with Crippen LogP contribution >= 0.6 is 0 Å². The van der Waals surface area contributed by atoms with Gasteiger partial charge in [-0.25, -0.2) is 9.18 Å². The monoisotopic (exact) mass is 484 g/mol. The molecule has 8 heteroatoms. The summed E-state index contributed by atoms with van der Waals surface area (Å²) in [6, 6.07) is 20.5. The molecule has 2 heterocycles. The van der Waals surface area contributed by atoms with E-state index in [-0.39, 0.29) is 11.9 Å². The van der Waals surface area contributed by atoms with Gasteiger partial charge in [0.2, 0.25) is 5.82 Å². The molecule has 1 N–H and O–H groups in total. The normalized spacial score (nSPS) is 15.7. The highest BCUT2D eigenvalue weighted by atomic mass is 19.1. The molecular weight excluding hydrogens is 459 g/mol. The molecule has 1 unspecified atom stereocenters. The number of amides is 2. The van der Waals surface area contributed by atoms with Crippen molar-refractivity contribution < 1.29 is 18.4 Å². The van der Waals surface area contributed by atoms with Gasteiger partial charge in [-0.2, -0.15) is 4.98 Å². The molecule has 0 saturated heterocycles. The van der Waals surface area contributed by atoms with Crippen LogP contribution in [0.25, 0.3) is 17.0 Å². The zero-order valence-electron chi connectivity index (χ0n) is 20.2. The molecule has 0 aliphatic carbocycles. The summed E-state index contributed by atoms with van der Waals surface area (Å²) in [4.78, 5) is 19.5. The average Bonchev–Trinajstić information content (AvgIpc) is 3.37. The zero-order chi connectivity index (χ0) is 25.2. The van der Waals surface area contributed by atoms with E-state index in [9.17, 15) is 9.18 Å². The van der Waals surface area contributed by atoms with Gasteiger partial charge in [-0.15, -0.1) is 0 Å². The molecule has 182 valence electrons. The van der Waals surface area contributed by atoms with Crippen LogP contribution in [0.3, 0.4) is 0 Å². The molecule has 1 atom stereocenters. The van der Waals surface area contributed by atoms with Crippen LogP contribution in [-0.2, 0) is 6.54 Å². The lowest BCUT2D eigenvalue weighted by Gasteiger charge is -2.35. The summed E-state index contributed by atoms with van der Waals surface area (Å²) < 4.78 is 25.0. The number of nitrogens with one attached hydrogen (secondary N) is 1. The smallest absolute Gasteiger partial charge is 0.322 e. The molecule has 0 fully saturated rings. The van der Waals surface area contributed by atoms with Crippen molar-refractivity contribution in [2.24, 2.45) is 0 Å². The summed E-state index contributed by atoms with van der Waals surface area (Å²) in [7, 11) is 1.60. The second-order valence-corrected chi connectivity index (χ2v) is 8.66. The van der Waals surface area contributed by atoms with Crippen LogP contribution in [0, 0.1) is 12.7 Å². The van der Waals surface area contributed by atoms with Crippen molar-refractivity contribution in [2.45, 2.75) is 26.4 Å². The van der Waals surface area contributed by atoms with Crippen molar-refractivity contribution >= 4 is 11.6 Å². The van der Waals surface area contributed by atoms with Gasteiger partial charge in [0.25, 0.3) is 5.89 Å². The fraction of sp³-hybridized carbons (Fsp3) is 0.179. The Morgan fingerprint density at radius 3 is 2.50 bits per heavy atom. The molecule has 36 heavy (non-hydrogen) atoms. The van der Waals surface area contributed by atoms with Gasteiger partial charge in [0.1, 0.15) is 11.6 Å². The third-order valence-electron chi connectivity index (χ3n) is 6.24. The van der Waals surface area contributed by atoms with Crippen LogP contribution in [0.5, 0.6) is 5.75 Å². The van der Waals surface area contributed by atoms with Gasteiger partial charge < -0.3 is 14.6 Å². The summed E-state index contributed by atoms with van der Waals surface area (Å²) in [5.41, 5.74) is 4.71. The molecule has 7 nitrogen and oxygen atoms in total. The van der Waals surface area contributed by atoms with E-state index < -0.39 is 11.9 Å². The first-order valence-corrected chi connectivity index (χ1v) is 11.5. The van der Waals surface area contributed by atoms with Gasteiger partial charge in [-0.3, -0.25) is 4.90 Å². The number of allylic oxidation sites excluding steroid dienone is 1. The lowest BCUT2D eigenvalue weighted by Crippen LogP contribution is -2.45. The van der Waals surface area contributed by atoms with Crippen LogP contribution in [0.2, 0.25) is 0 Å². The van der Waals surface area contributed by atoms with E-state index in [0.717, 1.165) is 16.7 Å². The molecule has 4 aromatic rings. The number of aromatic nitrogens is 2. The highest BCUT2D eigenvalue weighted by molar-refractivity contribution is 5.86. The average molecular weight is 485 g/mol. The minimum atomic E-state index is -0.661. The minimum absolute atomic E-state index is 0.251. The molecule has 2 amide bonds. The Labute approximate surface area is 208 Å². The number of methoxy groups -OCH3 is 1. The molecule has 3 aromatic carbocycles. The summed E-state index contributed by atoms with van der Waals surface area (Å²) >= 11 is 0. The predicted octanol–water partition coefficient (Wildman–Crippen LogP) is 5.89. The number of urea groups is 1. The molecule has 0 radical (unpaired) electrons. The maximum atomic E-state index is 14.1. The fourth-order valence-electron chi connectivity index (χ4n) is 4.25. The van der Waals surface area contributed by atoms with Crippen molar-refractivity contribution in [3.63, 3.8) is 0 Å². The first-order chi connectivity index (χ1) is 17.4. The number of carbonyl (C=O) groups is 1. The van der Waals surface area contributed by atoms with E-state index in [1.165, 1.54) is 12.1 Å². The summed E-state index contributed by atoms with van der Waals surface area (Å²) in [5, 5.41) is 7.17. The maximum Gasteiger partial charge on any atom is 0.322 e. The Morgan fingerprint density at radius 2 is 1.81 bits per heavy atom. The first kappa shape index (κ1) is 23.3. The largest absolute Gasteiger partial charge is 0.497 e.